The summed E-state index contributed by atoms with van der Waals surface area (Å²) in [7, 11) is 0. The Kier molecular flexibility index (Phi) is 3.14. The number of carbonyl (C=O) groups excluding carboxylic acids is 1. The van der Waals surface area contributed by atoms with Crippen molar-refractivity contribution in [3.63, 3.8) is 0 Å². The molecule has 94 valence electrons. The van der Waals surface area contributed by atoms with Crippen LogP contribution in [0.3, 0.4) is 0 Å². The van der Waals surface area contributed by atoms with E-state index in [0.29, 0.717) is 11.3 Å². The molecule has 1 N–H and O–H groups in total. The molecule has 0 aliphatic carbocycles. The number of hydrazone groups is 1. The molecule has 0 spiro atoms. The number of hydrogen-bond donors (Lipinski definition) is 1. The standard InChI is InChI=1S/C13H14N2O3/c1-8-9(2)14-15(13(8)18)11-5-3-10(4-6-11)7-12(16)17/h3-6,8H,7H2,1-2H3,(H,16,17). The lowest BCUT2D eigenvalue weighted by molar-refractivity contribution is -0.136. The molecule has 1 aromatic carbocycles. The van der Waals surface area contributed by atoms with Crippen LogP contribution in [-0.4, -0.2) is 22.7 Å². The van der Waals surface area contributed by atoms with Gasteiger partial charge in [-0.05, 0) is 31.5 Å². The first-order valence-electron chi connectivity index (χ1n) is 5.69. The summed E-state index contributed by atoms with van der Waals surface area (Å²) >= 11 is 0. The number of nitrogens with zero attached hydrogens (tertiary/aromatic N) is 2. The van der Waals surface area contributed by atoms with Crippen molar-refractivity contribution in [3.05, 3.63) is 29.8 Å². The normalized spacial score (nSPS) is 19.0. The molecule has 1 heterocycles. The molecule has 5 nitrogen and oxygen atoms in total. The maximum atomic E-state index is 11.9. The van der Waals surface area contributed by atoms with Gasteiger partial charge < -0.3 is 5.11 Å². The molecule has 0 bridgehead atoms. The number of carboxylic acid groups (broad SMARTS) is 1. The fourth-order valence-electron chi connectivity index (χ4n) is 1.77. The number of amides is 1. The van der Waals surface area contributed by atoms with Crippen LogP contribution >= 0.6 is 0 Å². The molecule has 2 rings (SSSR count). The average molecular weight is 246 g/mol. The van der Waals surface area contributed by atoms with Crippen LogP contribution in [-0.2, 0) is 16.0 Å². The van der Waals surface area contributed by atoms with Gasteiger partial charge in [0.2, 0.25) is 0 Å². The second-order valence-electron chi connectivity index (χ2n) is 4.35. The molecule has 1 aliphatic rings. The Morgan fingerprint density at radius 2 is 2.00 bits per heavy atom. The summed E-state index contributed by atoms with van der Waals surface area (Å²) in [5, 5.41) is 14.2. The number of carbonyl (C=O) groups is 2. The Labute approximate surface area is 105 Å². The molecule has 1 aromatic rings. The van der Waals surface area contributed by atoms with E-state index in [1.807, 2.05) is 13.8 Å². The molecule has 1 unspecified atom stereocenters. The minimum absolute atomic E-state index is 0.0209. The Morgan fingerprint density at radius 3 is 2.44 bits per heavy atom. The monoisotopic (exact) mass is 246 g/mol. The van der Waals surface area contributed by atoms with Crippen molar-refractivity contribution in [2.45, 2.75) is 20.3 Å². The quantitative estimate of drug-likeness (QED) is 0.882. The number of carboxylic acids is 1. The van der Waals surface area contributed by atoms with Gasteiger partial charge in [0.15, 0.2) is 0 Å². The van der Waals surface area contributed by atoms with E-state index in [2.05, 4.69) is 5.10 Å². The highest BCUT2D eigenvalue weighted by atomic mass is 16.4. The van der Waals surface area contributed by atoms with Gasteiger partial charge in [0, 0.05) is 5.71 Å². The Hall–Kier alpha value is -2.17. The maximum Gasteiger partial charge on any atom is 0.307 e. The summed E-state index contributed by atoms with van der Waals surface area (Å²) in [6.45, 7) is 3.64. The summed E-state index contributed by atoms with van der Waals surface area (Å²) in [5.41, 5.74) is 2.15. The van der Waals surface area contributed by atoms with Crippen LogP contribution in [0.1, 0.15) is 19.4 Å². The minimum atomic E-state index is -0.873. The van der Waals surface area contributed by atoms with Gasteiger partial charge in [-0.15, -0.1) is 0 Å². The first-order chi connectivity index (χ1) is 8.49. The molecule has 1 amide bonds. The van der Waals surface area contributed by atoms with E-state index in [-0.39, 0.29) is 18.2 Å². The first kappa shape index (κ1) is 12.3. The molecular weight excluding hydrogens is 232 g/mol. The van der Waals surface area contributed by atoms with Gasteiger partial charge in [-0.25, -0.2) is 5.01 Å². The predicted molar refractivity (Wildman–Crippen MR) is 67.5 cm³/mol. The fourth-order valence-corrected chi connectivity index (χ4v) is 1.77. The lowest BCUT2D eigenvalue weighted by atomic mass is 10.1. The van der Waals surface area contributed by atoms with Crippen LogP contribution < -0.4 is 5.01 Å². The lowest BCUT2D eigenvalue weighted by Crippen LogP contribution is -2.25. The van der Waals surface area contributed by atoms with E-state index in [9.17, 15) is 9.59 Å². The molecule has 18 heavy (non-hydrogen) atoms. The number of rotatable bonds is 3. The second kappa shape index (κ2) is 4.60. The van der Waals surface area contributed by atoms with Gasteiger partial charge in [-0.1, -0.05) is 12.1 Å². The van der Waals surface area contributed by atoms with Crippen molar-refractivity contribution >= 4 is 23.3 Å². The number of aliphatic carboxylic acids is 1. The van der Waals surface area contributed by atoms with E-state index in [0.717, 1.165) is 5.71 Å². The molecule has 0 saturated carbocycles. The summed E-state index contributed by atoms with van der Waals surface area (Å²) in [6, 6.07) is 6.82. The van der Waals surface area contributed by atoms with Crippen LogP contribution in [0.15, 0.2) is 29.4 Å². The molecule has 0 radical (unpaired) electrons. The number of hydrogen-bond acceptors (Lipinski definition) is 3. The third-order valence-corrected chi connectivity index (χ3v) is 3.00. The van der Waals surface area contributed by atoms with Crippen LogP contribution in [0.5, 0.6) is 0 Å². The van der Waals surface area contributed by atoms with Crippen molar-refractivity contribution in [2.24, 2.45) is 11.0 Å². The zero-order valence-electron chi connectivity index (χ0n) is 10.3. The SMILES string of the molecule is CC1=NN(c2ccc(CC(=O)O)cc2)C(=O)C1C. The average Bonchev–Trinajstić information content (AvgIpc) is 2.57. The predicted octanol–water partition coefficient (Wildman–Crippen LogP) is 1.67. The zero-order chi connectivity index (χ0) is 13.3. The zero-order valence-corrected chi connectivity index (χ0v) is 10.3. The Morgan fingerprint density at radius 1 is 1.39 bits per heavy atom. The molecule has 1 atom stereocenters. The van der Waals surface area contributed by atoms with E-state index >= 15 is 0 Å². The van der Waals surface area contributed by atoms with Gasteiger partial charge in [0.05, 0.1) is 18.0 Å². The summed E-state index contributed by atoms with van der Waals surface area (Å²) < 4.78 is 0. The van der Waals surface area contributed by atoms with Crippen molar-refractivity contribution < 1.29 is 14.7 Å². The minimum Gasteiger partial charge on any atom is -0.481 e. The first-order valence-corrected chi connectivity index (χ1v) is 5.69. The van der Waals surface area contributed by atoms with Crippen LogP contribution in [0.2, 0.25) is 0 Å². The smallest absolute Gasteiger partial charge is 0.307 e. The van der Waals surface area contributed by atoms with Crippen molar-refractivity contribution in [1.29, 1.82) is 0 Å². The fraction of sp³-hybridized carbons (Fsp3) is 0.308. The third kappa shape index (κ3) is 2.25. The summed E-state index contributed by atoms with van der Waals surface area (Å²) in [5.74, 6) is -1.12. The van der Waals surface area contributed by atoms with Crippen molar-refractivity contribution in [3.8, 4) is 0 Å². The maximum absolute atomic E-state index is 11.9. The Bertz CT molecular complexity index is 520. The molecule has 0 saturated heterocycles. The largest absolute Gasteiger partial charge is 0.481 e. The highest BCUT2D eigenvalue weighted by molar-refractivity contribution is 6.14. The van der Waals surface area contributed by atoms with Crippen LogP contribution in [0, 0.1) is 5.92 Å². The second-order valence-corrected chi connectivity index (χ2v) is 4.35. The summed E-state index contributed by atoms with van der Waals surface area (Å²) in [6.07, 6.45) is -0.0209. The van der Waals surface area contributed by atoms with Crippen molar-refractivity contribution in [2.75, 3.05) is 5.01 Å². The highest BCUT2D eigenvalue weighted by Gasteiger charge is 2.30. The highest BCUT2D eigenvalue weighted by Crippen LogP contribution is 2.23. The lowest BCUT2D eigenvalue weighted by Gasteiger charge is -2.13. The van der Waals surface area contributed by atoms with E-state index in [1.165, 1.54) is 5.01 Å². The van der Waals surface area contributed by atoms with Crippen LogP contribution in [0.4, 0.5) is 5.69 Å². The van der Waals surface area contributed by atoms with E-state index in [1.54, 1.807) is 24.3 Å². The van der Waals surface area contributed by atoms with Crippen molar-refractivity contribution in [1.82, 2.24) is 0 Å². The number of anilines is 1. The molecule has 0 fully saturated rings. The number of benzene rings is 1. The van der Waals surface area contributed by atoms with E-state index < -0.39 is 5.97 Å². The molecule has 5 heteroatoms. The van der Waals surface area contributed by atoms with E-state index in [4.69, 9.17) is 5.11 Å². The van der Waals surface area contributed by atoms with Gasteiger partial charge in [-0.3, -0.25) is 9.59 Å². The molecular formula is C13H14N2O3. The Balaban J connectivity index is 2.20. The van der Waals surface area contributed by atoms with Gasteiger partial charge in [-0.2, -0.15) is 5.10 Å². The third-order valence-electron chi connectivity index (χ3n) is 3.00. The summed E-state index contributed by atoms with van der Waals surface area (Å²) in [4.78, 5) is 22.5. The molecule has 1 aliphatic heterocycles. The van der Waals surface area contributed by atoms with Gasteiger partial charge in [0.1, 0.15) is 0 Å². The van der Waals surface area contributed by atoms with Gasteiger partial charge in [0.25, 0.3) is 5.91 Å². The van der Waals surface area contributed by atoms with Gasteiger partial charge >= 0.3 is 5.97 Å². The molecule has 0 aromatic heterocycles. The van der Waals surface area contributed by atoms with Crippen LogP contribution in [0.25, 0.3) is 0 Å². The topological polar surface area (TPSA) is 70.0 Å².